The van der Waals surface area contributed by atoms with Crippen molar-refractivity contribution in [1.82, 2.24) is 0 Å². The molecule has 0 bridgehead atoms. The molecule has 1 atom stereocenters. The minimum absolute atomic E-state index is 0.172. The predicted octanol–water partition coefficient (Wildman–Crippen LogP) is 2.66. The smallest absolute Gasteiger partial charge is 0.314 e. The van der Waals surface area contributed by atoms with Crippen LogP contribution in [0.4, 0.5) is 8.78 Å². The van der Waals surface area contributed by atoms with Crippen LogP contribution in [0.25, 0.3) is 10.4 Å². The van der Waals surface area contributed by atoms with Gasteiger partial charge in [0, 0.05) is 17.8 Å². The molecule has 1 unspecified atom stereocenters. The minimum Gasteiger partial charge on any atom is -0.469 e. The first kappa shape index (κ1) is 12.7. The molecular weight excluding hydrogens is 220 g/mol. The van der Waals surface area contributed by atoms with Crippen molar-refractivity contribution in [3.8, 4) is 0 Å². The zero-order valence-corrected chi connectivity index (χ0v) is 8.90. The van der Waals surface area contributed by atoms with Crippen LogP contribution < -0.4 is 0 Å². The number of esters is 1. The van der Waals surface area contributed by atoms with Gasteiger partial charge in [0.25, 0.3) is 0 Å². The van der Waals surface area contributed by atoms with Gasteiger partial charge in [0.1, 0.15) is 6.04 Å². The van der Waals surface area contributed by atoms with E-state index < -0.39 is 17.9 Å². The van der Waals surface area contributed by atoms with Gasteiger partial charge in [-0.1, -0.05) is 5.11 Å². The summed E-state index contributed by atoms with van der Waals surface area (Å²) in [6, 6.07) is -0.980. The Balaban J connectivity index is 2.67. The van der Waals surface area contributed by atoms with E-state index in [-0.39, 0.29) is 31.6 Å². The average molecular weight is 233 g/mol. The lowest BCUT2D eigenvalue weighted by Crippen LogP contribution is -2.35. The Morgan fingerprint density at radius 1 is 1.56 bits per heavy atom. The zero-order valence-electron chi connectivity index (χ0n) is 8.90. The Morgan fingerprint density at radius 2 is 2.12 bits per heavy atom. The highest BCUT2D eigenvalue weighted by Gasteiger charge is 2.39. The van der Waals surface area contributed by atoms with Gasteiger partial charge < -0.3 is 4.74 Å². The summed E-state index contributed by atoms with van der Waals surface area (Å²) in [7, 11) is 1.18. The zero-order chi connectivity index (χ0) is 12.2. The van der Waals surface area contributed by atoms with E-state index in [4.69, 9.17) is 5.53 Å². The predicted molar refractivity (Wildman–Crippen MR) is 51.9 cm³/mol. The van der Waals surface area contributed by atoms with E-state index >= 15 is 0 Å². The topological polar surface area (TPSA) is 75.1 Å². The lowest BCUT2D eigenvalue weighted by molar-refractivity contribution is -0.145. The second-order valence-corrected chi connectivity index (χ2v) is 3.87. The molecular formula is C9H13F2N3O2. The summed E-state index contributed by atoms with van der Waals surface area (Å²) in [6.07, 6.45) is -0.199. The van der Waals surface area contributed by atoms with Crippen LogP contribution in [0.15, 0.2) is 5.11 Å². The van der Waals surface area contributed by atoms with Crippen molar-refractivity contribution < 1.29 is 18.3 Å². The maximum Gasteiger partial charge on any atom is 0.314 e. The first-order valence-corrected chi connectivity index (χ1v) is 5.00. The summed E-state index contributed by atoms with van der Waals surface area (Å²) in [5, 5.41) is 3.33. The normalized spacial score (nSPS) is 21.9. The van der Waals surface area contributed by atoms with Crippen molar-refractivity contribution in [2.45, 2.75) is 37.6 Å². The summed E-state index contributed by atoms with van der Waals surface area (Å²) in [4.78, 5) is 13.8. The molecule has 0 aromatic heterocycles. The van der Waals surface area contributed by atoms with Crippen molar-refractivity contribution in [1.29, 1.82) is 0 Å². The summed E-state index contributed by atoms with van der Waals surface area (Å²) >= 11 is 0. The molecule has 1 rings (SSSR count). The van der Waals surface area contributed by atoms with Crippen molar-refractivity contribution in [2.24, 2.45) is 11.0 Å². The van der Waals surface area contributed by atoms with E-state index in [1.165, 1.54) is 7.11 Å². The standard InChI is InChI=1S/C9H13F2N3O2/c1-16-8(15)7(13-14-12)6-2-4-9(10,11)5-3-6/h6-7H,2-5H2,1H3. The van der Waals surface area contributed by atoms with E-state index in [1.54, 1.807) is 0 Å². The van der Waals surface area contributed by atoms with Crippen molar-refractivity contribution in [2.75, 3.05) is 7.11 Å². The second-order valence-electron chi connectivity index (χ2n) is 3.87. The molecule has 1 fully saturated rings. The lowest BCUT2D eigenvalue weighted by atomic mass is 9.82. The van der Waals surface area contributed by atoms with Crippen LogP contribution in [0.3, 0.4) is 0 Å². The molecule has 90 valence electrons. The maximum absolute atomic E-state index is 12.9. The van der Waals surface area contributed by atoms with Crippen LogP contribution in [-0.4, -0.2) is 25.0 Å². The number of rotatable bonds is 3. The first-order chi connectivity index (χ1) is 7.50. The van der Waals surface area contributed by atoms with E-state index in [9.17, 15) is 13.6 Å². The summed E-state index contributed by atoms with van der Waals surface area (Å²) in [6.45, 7) is 0. The summed E-state index contributed by atoms with van der Waals surface area (Å²) in [5.41, 5.74) is 8.32. The van der Waals surface area contributed by atoms with Gasteiger partial charge >= 0.3 is 5.97 Å². The summed E-state index contributed by atoms with van der Waals surface area (Å²) < 4.78 is 30.3. The third kappa shape index (κ3) is 3.06. The fourth-order valence-electron chi connectivity index (χ4n) is 1.89. The van der Waals surface area contributed by atoms with Gasteiger partial charge in [-0.25, -0.2) is 8.78 Å². The number of halogens is 2. The number of hydrogen-bond acceptors (Lipinski definition) is 3. The van der Waals surface area contributed by atoms with Gasteiger partial charge in [0.15, 0.2) is 0 Å². The fraction of sp³-hybridized carbons (Fsp3) is 0.889. The van der Waals surface area contributed by atoms with E-state index in [0.29, 0.717) is 0 Å². The van der Waals surface area contributed by atoms with Gasteiger partial charge in [-0.3, -0.25) is 4.79 Å². The highest BCUT2D eigenvalue weighted by Crippen LogP contribution is 2.38. The molecule has 0 saturated heterocycles. The van der Waals surface area contributed by atoms with E-state index in [2.05, 4.69) is 14.8 Å². The molecule has 16 heavy (non-hydrogen) atoms. The Kier molecular flexibility index (Phi) is 4.06. The van der Waals surface area contributed by atoms with Gasteiger partial charge in [0.05, 0.1) is 7.11 Å². The van der Waals surface area contributed by atoms with Crippen LogP contribution in [0.5, 0.6) is 0 Å². The molecule has 1 aliphatic carbocycles. The molecule has 0 spiro atoms. The molecule has 1 aliphatic rings. The van der Waals surface area contributed by atoms with E-state index in [0.717, 1.165) is 0 Å². The van der Waals surface area contributed by atoms with Crippen LogP contribution in [0.1, 0.15) is 25.7 Å². The van der Waals surface area contributed by atoms with Crippen LogP contribution in [0, 0.1) is 5.92 Å². The average Bonchev–Trinajstić information content (AvgIpc) is 2.25. The molecule has 7 heteroatoms. The van der Waals surface area contributed by atoms with Crippen molar-refractivity contribution in [3.63, 3.8) is 0 Å². The largest absolute Gasteiger partial charge is 0.469 e. The summed E-state index contributed by atoms with van der Waals surface area (Å²) in [5.74, 6) is -3.66. The SMILES string of the molecule is COC(=O)C(N=[N+]=[N-])C1CCC(F)(F)CC1. The Labute approximate surface area is 91.4 Å². The molecule has 0 heterocycles. The monoisotopic (exact) mass is 233 g/mol. The Morgan fingerprint density at radius 3 is 2.56 bits per heavy atom. The minimum atomic E-state index is -2.66. The quantitative estimate of drug-likeness (QED) is 0.325. The molecule has 1 saturated carbocycles. The molecule has 0 aromatic rings. The number of methoxy groups -OCH3 is 1. The number of alkyl halides is 2. The molecule has 0 amide bonds. The Hall–Kier alpha value is -1.36. The maximum atomic E-state index is 12.9. The van der Waals surface area contributed by atoms with Gasteiger partial charge in [-0.05, 0) is 24.3 Å². The van der Waals surface area contributed by atoms with Gasteiger partial charge in [-0.2, -0.15) is 0 Å². The number of hydrogen-bond donors (Lipinski definition) is 0. The number of carbonyl (C=O) groups excluding carboxylic acids is 1. The van der Waals surface area contributed by atoms with Gasteiger partial charge in [-0.15, -0.1) is 0 Å². The Bertz CT molecular complexity index is 306. The van der Waals surface area contributed by atoms with Gasteiger partial charge in [0.2, 0.25) is 5.92 Å². The van der Waals surface area contributed by atoms with Crippen LogP contribution in [-0.2, 0) is 9.53 Å². The van der Waals surface area contributed by atoms with Crippen molar-refractivity contribution >= 4 is 5.97 Å². The highest BCUT2D eigenvalue weighted by atomic mass is 19.3. The third-order valence-electron chi connectivity index (χ3n) is 2.83. The van der Waals surface area contributed by atoms with Crippen LogP contribution in [0.2, 0.25) is 0 Å². The lowest BCUT2D eigenvalue weighted by Gasteiger charge is -2.30. The number of azide groups is 1. The molecule has 0 aromatic carbocycles. The molecule has 5 nitrogen and oxygen atoms in total. The fourth-order valence-corrected chi connectivity index (χ4v) is 1.89. The first-order valence-electron chi connectivity index (χ1n) is 5.00. The van der Waals surface area contributed by atoms with Crippen molar-refractivity contribution in [3.05, 3.63) is 10.4 Å². The number of ether oxygens (including phenoxy) is 1. The highest BCUT2D eigenvalue weighted by molar-refractivity contribution is 5.76. The number of nitrogens with zero attached hydrogens (tertiary/aromatic N) is 3. The molecule has 0 radical (unpaired) electrons. The van der Waals surface area contributed by atoms with Crippen LogP contribution >= 0.6 is 0 Å². The van der Waals surface area contributed by atoms with E-state index in [1.807, 2.05) is 0 Å². The third-order valence-corrected chi connectivity index (χ3v) is 2.83. The molecule has 0 aliphatic heterocycles. The number of carbonyl (C=O) groups is 1. The molecule has 0 N–H and O–H groups in total. The second kappa shape index (κ2) is 5.12.